The molecule has 10 heteroatoms. The van der Waals surface area contributed by atoms with Crippen molar-refractivity contribution < 1.29 is 27.3 Å². The van der Waals surface area contributed by atoms with E-state index in [0.717, 1.165) is 12.1 Å². The summed E-state index contributed by atoms with van der Waals surface area (Å²) in [5, 5.41) is 16.2. The van der Waals surface area contributed by atoms with Crippen LogP contribution in [0.2, 0.25) is 0 Å². The normalized spacial score (nSPS) is 11.1. The molecule has 0 atom stereocenters. The highest BCUT2D eigenvalue weighted by molar-refractivity contribution is 5.76. The van der Waals surface area contributed by atoms with Crippen LogP contribution < -0.4 is 10.6 Å². The van der Waals surface area contributed by atoms with Gasteiger partial charge in [-0.25, -0.2) is 4.39 Å². The van der Waals surface area contributed by atoms with Crippen molar-refractivity contribution in [2.24, 2.45) is 0 Å². The third-order valence-corrected chi connectivity index (χ3v) is 3.59. The van der Waals surface area contributed by atoms with Crippen LogP contribution in [0.4, 0.5) is 28.9 Å². The molecule has 6 nitrogen and oxygen atoms in total. The van der Waals surface area contributed by atoms with Crippen LogP contribution in [-0.4, -0.2) is 17.4 Å². The fraction of sp³-hybridized carbons (Fsp3) is 0.235. The monoisotopic (exact) mass is 385 g/mol. The van der Waals surface area contributed by atoms with Crippen molar-refractivity contribution in [3.8, 4) is 0 Å². The van der Waals surface area contributed by atoms with Crippen molar-refractivity contribution >= 4 is 17.3 Å². The zero-order chi connectivity index (χ0) is 20.0. The smallest absolute Gasteiger partial charge is 0.379 e. The highest BCUT2D eigenvalue weighted by Crippen LogP contribution is 2.34. The lowest BCUT2D eigenvalue weighted by atomic mass is 10.1. The van der Waals surface area contributed by atoms with Crippen molar-refractivity contribution in [3.63, 3.8) is 0 Å². The number of benzene rings is 2. The summed E-state index contributed by atoms with van der Waals surface area (Å²) in [7, 11) is 0. The third-order valence-electron chi connectivity index (χ3n) is 3.59. The van der Waals surface area contributed by atoms with Crippen molar-refractivity contribution in [1.82, 2.24) is 5.32 Å². The van der Waals surface area contributed by atoms with Crippen LogP contribution in [0.3, 0.4) is 0 Å². The molecule has 0 aliphatic heterocycles. The van der Waals surface area contributed by atoms with Gasteiger partial charge in [0.05, 0.1) is 10.5 Å². The summed E-state index contributed by atoms with van der Waals surface area (Å²) >= 11 is 0. The number of halogens is 4. The topological polar surface area (TPSA) is 84.3 Å². The second-order valence-corrected chi connectivity index (χ2v) is 5.57. The maximum absolute atomic E-state index is 12.8. The molecule has 0 unspecified atom stereocenters. The molecular weight excluding hydrogens is 370 g/mol. The number of alkyl halides is 3. The van der Waals surface area contributed by atoms with E-state index in [4.69, 9.17) is 0 Å². The lowest BCUT2D eigenvalue weighted by molar-refractivity contribution is -0.384. The first-order valence-corrected chi connectivity index (χ1v) is 7.77. The van der Waals surface area contributed by atoms with Gasteiger partial charge >= 0.3 is 6.18 Å². The number of carbonyl (C=O) groups excluding carboxylic acids is 1. The summed E-state index contributed by atoms with van der Waals surface area (Å²) in [5.41, 5.74) is -1.27. The van der Waals surface area contributed by atoms with Gasteiger partial charge in [0.25, 0.3) is 5.69 Å². The molecule has 1 amide bonds. The van der Waals surface area contributed by atoms with Crippen LogP contribution in [0.15, 0.2) is 42.5 Å². The molecule has 0 bridgehead atoms. The van der Waals surface area contributed by atoms with Crippen molar-refractivity contribution in [3.05, 3.63) is 69.5 Å². The third kappa shape index (κ3) is 5.94. The van der Waals surface area contributed by atoms with Crippen molar-refractivity contribution in [1.29, 1.82) is 0 Å². The molecule has 0 fully saturated rings. The van der Waals surface area contributed by atoms with E-state index in [2.05, 4.69) is 10.6 Å². The van der Waals surface area contributed by atoms with Crippen molar-refractivity contribution in [2.75, 3.05) is 11.9 Å². The molecule has 2 N–H and O–H groups in total. The molecule has 0 radical (unpaired) electrons. The zero-order valence-electron chi connectivity index (χ0n) is 13.8. The lowest BCUT2D eigenvalue weighted by Gasteiger charge is -2.11. The summed E-state index contributed by atoms with van der Waals surface area (Å²) in [5.74, 6) is -0.770. The number of hydrogen-bond donors (Lipinski definition) is 2. The predicted molar refractivity (Wildman–Crippen MR) is 89.5 cm³/mol. The van der Waals surface area contributed by atoms with E-state index in [1.165, 1.54) is 24.3 Å². The number of nitro groups is 1. The number of amides is 1. The first-order chi connectivity index (χ1) is 12.7. The Labute approximate surface area is 151 Å². The Balaban J connectivity index is 1.89. The fourth-order valence-electron chi connectivity index (χ4n) is 2.21. The van der Waals surface area contributed by atoms with Gasteiger partial charge in [-0.1, -0.05) is 12.1 Å². The highest BCUT2D eigenvalue weighted by atomic mass is 19.4. The zero-order valence-corrected chi connectivity index (χ0v) is 13.8. The SMILES string of the molecule is O=C(CCNc1ccc(C(F)(F)F)cc1[N+](=O)[O-])NCc1ccc(F)cc1. The largest absolute Gasteiger partial charge is 0.416 e. The van der Waals surface area contributed by atoms with Gasteiger partial charge in [-0.05, 0) is 29.8 Å². The van der Waals surface area contributed by atoms with Gasteiger partial charge in [-0.3, -0.25) is 14.9 Å². The van der Waals surface area contributed by atoms with E-state index >= 15 is 0 Å². The molecule has 144 valence electrons. The quantitative estimate of drug-likeness (QED) is 0.431. The number of hydrogen-bond acceptors (Lipinski definition) is 4. The van der Waals surface area contributed by atoms with E-state index < -0.39 is 28.2 Å². The Morgan fingerprint density at radius 1 is 1.11 bits per heavy atom. The molecule has 0 aliphatic carbocycles. The van der Waals surface area contributed by atoms with E-state index in [-0.39, 0.29) is 31.1 Å². The first-order valence-electron chi connectivity index (χ1n) is 7.77. The van der Waals surface area contributed by atoms with Gasteiger partial charge in [-0.15, -0.1) is 0 Å². The van der Waals surface area contributed by atoms with Crippen LogP contribution >= 0.6 is 0 Å². The van der Waals surface area contributed by atoms with Gasteiger partial charge < -0.3 is 10.6 Å². The summed E-state index contributed by atoms with van der Waals surface area (Å²) < 4.78 is 50.7. The second-order valence-electron chi connectivity index (χ2n) is 5.57. The predicted octanol–water partition coefficient (Wildman–Crippen LogP) is 3.87. The van der Waals surface area contributed by atoms with Gasteiger partial charge in [-0.2, -0.15) is 13.2 Å². The van der Waals surface area contributed by atoms with E-state index in [1.54, 1.807) is 0 Å². The standard InChI is InChI=1S/C17H15F4N3O3/c18-13-4-1-11(2-5-13)10-23-16(25)7-8-22-14-6-3-12(17(19,20)21)9-15(14)24(26)27/h1-6,9,22H,7-8,10H2,(H,23,25). The van der Waals surface area contributed by atoms with Crippen LogP contribution in [0.25, 0.3) is 0 Å². The molecule has 0 spiro atoms. The van der Waals surface area contributed by atoms with Crippen LogP contribution in [-0.2, 0) is 17.5 Å². The molecule has 2 aromatic rings. The van der Waals surface area contributed by atoms with Crippen LogP contribution in [0.1, 0.15) is 17.5 Å². The maximum atomic E-state index is 12.8. The van der Waals surface area contributed by atoms with Crippen LogP contribution in [0.5, 0.6) is 0 Å². The molecule has 2 aromatic carbocycles. The number of carbonyl (C=O) groups is 1. The molecule has 27 heavy (non-hydrogen) atoms. The Hall–Kier alpha value is -3.17. The maximum Gasteiger partial charge on any atom is 0.416 e. The number of nitrogens with zero attached hydrogens (tertiary/aromatic N) is 1. The minimum Gasteiger partial charge on any atom is -0.379 e. The minimum atomic E-state index is -4.69. The van der Waals surface area contributed by atoms with Gasteiger partial charge in [0.15, 0.2) is 0 Å². The fourth-order valence-corrected chi connectivity index (χ4v) is 2.21. The lowest BCUT2D eigenvalue weighted by Crippen LogP contribution is -2.25. The molecule has 0 saturated heterocycles. The molecular formula is C17H15F4N3O3. The summed E-state index contributed by atoms with van der Waals surface area (Å²) in [6, 6.07) is 7.66. The average molecular weight is 385 g/mol. The molecule has 0 saturated carbocycles. The average Bonchev–Trinajstić information content (AvgIpc) is 2.60. The Morgan fingerprint density at radius 2 is 1.78 bits per heavy atom. The number of rotatable bonds is 7. The number of nitrogens with one attached hydrogen (secondary N) is 2. The van der Waals surface area contributed by atoms with Gasteiger partial charge in [0, 0.05) is 25.6 Å². The minimum absolute atomic E-state index is 0.0124. The Kier molecular flexibility index (Phi) is 6.32. The number of anilines is 1. The van der Waals surface area contributed by atoms with Crippen LogP contribution in [0, 0.1) is 15.9 Å². The highest BCUT2D eigenvalue weighted by Gasteiger charge is 2.33. The van der Waals surface area contributed by atoms with E-state index in [0.29, 0.717) is 11.6 Å². The summed E-state index contributed by atoms with van der Waals surface area (Å²) in [6.45, 7) is 0.168. The molecule has 0 aliphatic rings. The van der Waals surface area contributed by atoms with E-state index in [9.17, 15) is 32.5 Å². The van der Waals surface area contributed by atoms with Gasteiger partial charge in [0.1, 0.15) is 11.5 Å². The van der Waals surface area contributed by atoms with E-state index in [1.807, 2.05) is 0 Å². The second kappa shape index (κ2) is 8.47. The van der Waals surface area contributed by atoms with Gasteiger partial charge in [0.2, 0.25) is 5.91 Å². The Morgan fingerprint density at radius 3 is 2.37 bits per heavy atom. The molecule has 2 rings (SSSR count). The Bertz CT molecular complexity index is 823. The number of nitro benzene ring substituents is 1. The molecule has 0 aromatic heterocycles. The molecule has 0 heterocycles. The summed E-state index contributed by atoms with van der Waals surface area (Å²) in [6.07, 6.45) is -4.75. The first kappa shape index (κ1) is 20.1. The summed E-state index contributed by atoms with van der Waals surface area (Å²) in [4.78, 5) is 21.8. The van der Waals surface area contributed by atoms with Crippen molar-refractivity contribution in [2.45, 2.75) is 19.1 Å².